The van der Waals surface area contributed by atoms with Crippen LogP contribution in [0.15, 0.2) is 30.3 Å². The van der Waals surface area contributed by atoms with Gasteiger partial charge >= 0.3 is 6.01 Å². The van der Waals surface area contributed by atoms with Crippen LogP contribution in [0.4, 0.5) is 14.6 Å². The lowest BCUT2D eigenvalue weighted by Crippen LogP contribution is -2.58. The molecule has 2 aromatic carbocycles. The lowest BCUT2D eigenvalue weighted by molar-refractivity contribution is -0.131. The van der Waals surface area contributed by atoms with Crippen LogP contribution in [0.3, 0.4) is 0 Å². The number of benzene rings is 2. The van der Waals surface area contributed by atoms with Crippen LogP contribution in [0, 0.1) is 11.6 Å². The van der Waals surface area contributed by atoms with E-state index in [4.69, 9.17) is 16.3 Å². The molecule has 1 amide bonds. The van der Waals surface area contributed by atoms with Crippen LogP contribution in [-0.2, 0) is 4.79 Å². The summed E-state index contributed by atoms with van der Waals surface area (Å²) in [5.41, 5.74) is -0.0000189. The van der Waals surface area contributed by atoms with Gasteiger partial charge in [-0.2, -0.15) is 9.97 Å². The van der Waals surface area contributed by atoms with Crippen LogP contribution in [-0.4, -0.2) is 78.1 Å². The number of anilines is 1. The lowest BCUT2D eigenvalue weighted by Gasteiger charge is -2.44. The van der Waals surface area contributed by atoms with E-state index in [-0.39, 0.29) is 45.7 Å². The molecule has 4 rings (SSSR count). The Morgan fingerprint density at radius 1 is 1.16 bits per heavy atom. The van der Waals surface area contributed by atoms with Gasteiger partial charge in [-0.3, -0.25) is 4.79 Å². The number of piperazine rings is 1. The normalized spacial score (nSPS) is 18.1. The van der Waals surface area contributed by atoms with Gasteiger partial charge in [-0.15, -0.1) is 0 Å². The molecular weight excluding hydrogens is 500 g/mol. The predicted octanol–water partition coefficient (Wildman–Crippen LogP) is 5.00. The summed E-state index contributed by atoms with van der Waals surface area (Å²) in [4.78, 5) is 27.1. The molecule has 1 aliphatic heterocycles. The molecule has 2 atom stereocenters. The summed E-state index contributed by atoms with van der Waals surface area (Å²) in [5.74, 6) is -0.853. The van der Waals surface area contributed by atoms with E-state index in [1.54, 1.807) is 19.1 Å². The molecule has 198 valence electrons. The fourth-order valence-corrected chi connectivity index (χ4v) is 5.05. The highest BCUT2D eigenvalue weighted by Crippen LogP contribution is 2.40. The molecule has 37 heavy (non-hydrogen) atoms. The highest BCUT2D eigenvalue weighted by Gasteiger charge is 2.33. The van der Waals surface area contributed by atoms with Gasteiger partial charge in [0, 0.05) is 55.2 Å². The molecule has 1 saturated heterocycles. The summed E-state index contributed by atoms with van der Waals surface area (Å²) in [6, 6.07) is 7.34. The van der Waals surface area contributed by atoms with E-state index >= 15 is 4.39 Å². The maximum atomic E-state index is 16.1. The van der Waals surface area contributed by atoms with Crippen molar-refractivity contribution in [3.05, 3.63) is 47.0 Å². The zero-order valence-corrected chi connectivity index (χ0v) is 22.5. The zero-order valence-electron chi connectivity index (χ0n) is 21.8. The third kappa shape index (κ3) is 5.62. The molecule has 10 heteroatoms. The molecule has 1 fully saturated rings. The van der Waals surface area contributed by atoms with Crippen LogP contribution in [0.2, 0.25) is 5.02 Å². The van der Waals surface area contributed by atoms with Gasteiger partial charge in [-0.25, -0.2) is 8.78 Å². The molecule has 1 aromatic heterocycles. The Hall–Kier alpha value is -3.04. The molecule has 1 aliphatic rings. The molecule has 0 bridgehead atoms. The van der Waals surface area contributed by atoms with E-state index in [0.717, 1.165) is 13.0 Å². The topological polar surface area (TPSA) is 61.8 Å². The highest BCUT2D eigenvalue weighted by atomic mass is 35.5. The van der Waals surface area contributed by atoms with Crippen molar-refractivity contribution in [3.63, 3.8) is 0 Å². The number of carbonyl (C=O) groups is 1. The van der Waals surface area contributed by atoms with E-state index < -0.39 is 11.6 Å². The molecule has 0 radical (unpaired) electrons. The summed E-state index contributed by atoms with van der Waals surface area (Å²) in [6.45, 7) is 7.64. The SMILES string of the molecule is CC(=O)N1C[C@H](C)N(c2nc(OCCCN(C)C)nc3c(F)c(-c4ccccc4F)c(Cl)cc23)C[C@H]1C. The van der Waals surface area contributed by atoms with Crippen LogP contribution in [0.1, 0.15) is 27.2 Å². The maximum Gasteiger partial charge on any atom is 0.319 e. The van der Waals surface area contributed by atoms with E-state index in [2.05, 4.69) is 9.97 Å². The van der Waals surface area contributed by atoms with Gasteiger partial charge in [-0.1, -0.05) is 29.8 Å². The monoisotopic (exact) mass is 531 g/mol. The molecule has 0 N–H and O–H groups in total. The lowest BCUT2D eigenvalue weighted by atomic mass is 10.0. The second-order valence-electron chi connectivity index (χ2n) is 9.78. The molecule has 2 heterocycles. The van der Waals surface area contributed by atoms with Gasteiger partial charge in [0.15, 0.2) is 5.82 Å². The summed E-state index contributed by atoms with van der Waals surface area (Å²) in [6.07, 6.45) is 0.734. The highest BCUT2D eigenvalue weighted by molar-refractivity contribution is 6.34. The van der Waals surface area contributed by atoms with Gasteiger partial charge in [-0.05, 0) is 46.5 Å². The van der Waals surface area contributed by atoms with Crippen LogP contribution in [0.5, 0.6) is 6.01 Å². The molecule has 0 aliphatic carbocycles. The van der Waals surface area contributed by atoms with Gasteiger partial charge in [0.1, 0.15) is 17.2 Å². The molecule has 3 aromatic rings. The minimum Gasteiger partial charge on any atom is -0.463 e. The Kier molecular flexibility index (Phi) is 8.14. The Labute approximate surface area is 221 Å². The summed E-state index contributed by atoms with van der Waals surface area (Å²) >= 11 is 6.56. The van der Waals surface area contributed by atoms with Crippen molar-refractivity contribution in [2.45, 2.75) is 39.3 Å². The maximum absolute atomic E-state index is 16.1. The van der Waals surface area contributed by atoms with Gasteiger partial charge < -0.3 is 19.4 Å². The smallest absolute Gasteiger partial charge is 0.319 e. The third-order valence-electron chi connectivity index (χ3n) is 6.63. The first-order chi connectivity index (χ1) is 17.6. The first-order valence-corrected chi connectivity index (χ1v) is 12.7. The van der Waals surface area contributed by atoms with Crippen molar-refractivity contribution in [3.8, 4) is 17.1 Å². The van der Waals surface area contributed by atoms with Crippen molar-refractivity contribution >= 4 is 34.2 Å². The number of carbonyl (C=O) groups excluding carboxylic acids is 1. The van der Waals surface area contributed by atoms with E-state index in [1.807, 2.05) is 42.6 Å². The Morgan fingerprint density at radius 2 is 1.89 bits per heavy atom. The number of hydrogen-bond donors (Lipinski definition) is 0. The average molecular weight is 532 g/mol. The first-order valence-electron chi connectivity index (χ1n) is 12.3. The zero-order chi connectivity index (χ0) is 26.9. The molecule has 7 nitrogen and oxygen atoms in total. The minimum absolute atomic E-state index is 0.0000727. The van der Waals surface area contributed by atoms with Crippen LogP contribution >= 0.6 is 11.6 Å². The van der Waals surface area contributed by atoms with Crippen molar-refractivity contribution in [1.82, 2.24) is 19.8 Å². The Bertz CT molecular complexity index is 1310. The standard InChI is InChI=1S/C27H32ClF2N5O2/c1-16-15-35(17(2)14-34(16)18(3)36)26-20-13-21(28)23(19-9-6-7-10-22(19)29)24(30)25(20)31-27(32-26)37-12-8-11-33(4)5/h6-7,9-10,13,16-17H,8,11-12,14-15H2,1-5H3/t16-,17+/m1/s1. The van der Waals surface area contributed by atoms with Crippen molar-refractivity contribution in [1.29, 1.82) is 0 Å². The van der Waals surface area contributed by atoms with Crippen molar-refractivity contribution in [2.75, 3.05) is 45.2 Å². The number of nitrogens with zero attached hydrogens (tertiary/aromatic N) is 5. The fourth-order valence-electron chi connectivity index (χ4n) is 4.76. The Balaban J connectivity index is 1.84. The molecule has 0 saturated carbocycles. The quantitative estimate of drug-likeness (QED) is 0.400. The number of aromatic nitrogens is 2. The minimum atomic E-state index is -0.738. The number of ether oxygens (including phenoxy) is 1. The van der Waals surface area contributed by atoms with Crippen LogP contribution in [0.25, 0.3) is 22.0 Å². The summed E-state index contributed by atoms with van der Waals surface area (Å²) < 4.78 is 36.6. The third-order valence-corrected chi connectivity index (χ3v) is 6.93. The summed E-state index contributed by atoms with van der Waals surface area (Å²) in [7, 11) is 3.94. The summed E-state index contributed by atoms with van der Waals surface area (Å²) in [5, 5.41) is 0.459. The largest absolute Gasteiger partial charge is 0.463 e. The van der Waals surface area contributed by atoms with E-state index in [1.165, 1.54) is 18.2 Å². The average Bonchev–Trinajstić information content (AvgIpc) is 2.84. The van der Waals surface area contributed by atoms with Crippen molar-refractivity contribution < 1.29 is 18.3 Å². The van der Waals surface area contributed by atoms with Crippen LogP contribution < -0.4 is 9.64 Å². The number of rotatable bonds is 7. The number of hydrogen-bond acceptors (Lipinski definition) is 6. The number of fused-ring (bicyclic) bond motifs is 1. The van der Waals surface area contributed by atoms with Gasteiger partial charge in [0.25, 0.3) is 0 Å². The number of amides is 1. The molecule has 0 spiro atoms. The second kappa shape index (κ2) is 11.1. The number of halogens is 3. The van der Waals surface area contributed by atoms with Gasteiger partial charge in [0.05, 0.1) is 11.6 Å². The van der Waals surface area contributed by atoms with Gasteiger partial charge in [0.2, 0.25) is 5.91 Å². The first kappa shape index (κ1) is 27.0. The van der Waals surface area contributed by atoms with E-state index in [0.29, 0.717) is 30.9 Å². The van der Waals surface area contributed by atoms with E-state index in [9.17, 15) is 9.18 Å². The molecule has 0 unspecified atom stereocenters. The Morgan fingerprint density at radius 3 is 2.57 bits per heavy atom. The molecular formula is C27H32ClF2N5O2. The van der Waals surface area contributed by atoms with Crippen molar-refractivity contribution in [2.24, 2.45) is 0 Å². The second-order valence-corrected chi connectivity index (χ2v) is 10.2. The fraction of sp³-hybridized carbons (Fsp3) is 0.444. The predicted molar refractivity (Wildman–Crippen MR) is 142 cm³/mol.